The summed E-state index contributed by atoms with van der Waals surface area (Å²) in [6.45, 7) is 7.15. The zero-order valence-corrected chi connectivity index (χ0v) is 16.9. The van der Waals surface area contributed by atoms with Crippen LogP contribution in [0.25, 0.3) is 0 Å². The quantitative estimate of drug-likeness (QED) is 0.780. The predicted octanol–water partition coefficient (Wildman–Crippen LogP) is 1.95. The monoisotopic (exact) mass is 406 g/mol. The highest BCUT2D eigenvalue weighted by Crippen LogP contribution is 2.28. The average molecular weight is 407 g/mol. The molecule has 2 fully saturated rings. The maximum atomic E-state index is 13.0. The summed E-state index contributed by atoms with van der Waals surface area (Å²) in [6, 6.07) is 3.73. The maximum absolute atomic E-state index is 13.0. The summed E-state index contributed by atoms with van der Waals surface area (Å²) in [5, 5.41) is 2.80. The third-order valence-electron chi connectivity index (χ3n) is 4.85. The largest absolute Gasteiger partial charge is 0.378 e. The van der Waals surface area contributed by atoms with Gasteiger partial charge in [-0.15, -0.1) is 11.3 Å². The molecule has 2 aliphatic rings. The highest BCUT2D eigenvalue weighted by Gasteiger charge is 2.28. The lowest BCUT2D eigenvalue weighted by molar-refractivity contribution is 0.0540. The Kier molecular flexibility index (Phi) is 5.42. The zero-order valence-electron chi connectivity index (χ0n) is 15.2. The molecule has 2 amide bonds. The molecule has 2 aromatic heterocycles. The number of morpholine rings is 1. The topological polar surface area (TPSA) is 66.0 Å². The van der Waals surface area contributed by atoms with E-state index in [-0.39, 0.29) is 11.8 Å². The molecule has 0 unspecified atom stereocenters. The number of amides is 2. The van der Waals surface area contributed by atoms with E-state index in [1.165, 1.54) is 22.7 Å². The molecule has 4 rings (SSSR count). The van der Waals surface area contributed by atoms with Crippen LogP contribution < -0.4 is 4.90 Å². The van der Waals surface area contributed by atoms with Crippen LogP contribution >= 0.6 is 22.7 Å². The molecule has 4 heterocycles. The molecule has 0 atom stereocenters. The number of aromatic nitrogens is 1. The van der Waals surface area contributed by atoms with E-state index >= 15 is 0 Å². The van der Waals surface area contributed by atoms with Crippen molar-refractivity contribution < 1.29 is 14.3 Å². The Morgan fingerprint density at radius 3 is 2.33 bits per heavy atom. The van der Waals surface area contributed by atoms with Crippen LogP contribution in [0.3, 0.4) is 0 Å². The van der Waals surface area contributed by atoms with Crippen molar-refractivity contribution in [3.63, 3.8) is 0 Å². The number of thiazole rings is 1. The normalized spacial score (nSPS) is 18.0. The molecule has 9 heteroatoms. The van der Waals surface area contributed by atoms with Gasteiger partial charge in [-0.25, -0.2) is 4.98 Å². The fourth-order valence-corrected chi connectivity index (χ4v) is 5.06. The van der Waals surface area contributed by atoms with Gasteiger partial charge in [0, 0.05) is 39.3 Å². The zero-order chi connectivity index (χ0) is 18.8. The second-order valence-electron chi connectivity index (χ2n) is 6.57. The van der Waals surface area contributed by atoms with Crippen LogP contribution in [0.5, 0.6) is 0 Å². The first-order valence-electron chi connectivity index (χ1n) is 9.05. The number of rotatable bonds is 3. The molecule has 2 saturated heterocycles. The van der Waals surface area contributed by atoms with Crippen LogP contribution in [0.2, 0.25) is 0 Å². The number of hydrogen-bond acceptors (Lipinski definition) is 7. The van der Waals surface area contributed by atoms with E-state index in [1.807, 2.05) is 34.2 Å². The van der Waals surface area contributed by atoms with Gasteiger partial charge in [0.1, 0.15) is 4.88 Å². The minimum absolute atomic E-state index is 0.0210. The van der Waals surface area contributed by atoms with Crippen molar-refractivity contribution in [2.45, 2.75) is 6.92 Å². The Balaban J connectivity index is 1.39. The smallest absolute Gasteiger partial charge is 0.266 e. The first-order chi connectivity index (χ1) is 13.1. The lowest BCUT2D eigenvalue weighted by atomic mass is 10.2. The molecule has 0 spiro atoms. The number of anilines is 1. The second-order valence-corrected chi connectivity index (χ2v) is 8.50. The van der Waals surface area contributed by atoms with Crippen molar-refractivity contribution in [1.29, 1.82) is 0 Å². The number of thiophene rings is 1. The van der Waals surface area contributed by atoms with Gasteiger partial charge in [0.2, 0.25) is 0 Å². The van der Waals surface area contributed by atoms with Crippen molar-refractivity contribution in [2.75, 3.05) is 57.4 Å². The SMILES string of the molecule is Cc1nc(N2CCOCC2)sc1C(=O)N1CCN(C(=O)c2cccs2)CC1. The van der Waals surface area contributed by atoms with Crippen LogP contribution in [-0.2, 0) is 4.74 Å². The highest BCUT2D eigenvalue weighted by molar-refractivity contribution is 7.17. The number of piperazine rings is 1. The molecule has 2 aliphatic heterocycles. The molecule has 7 nitrogen and oxygen atoms in total. The Hall–Kier alpha value is -1.97. The molecular formula is C18H22N4O3S2. The van der Waals surface area contributed by atoms with Crippen LogP contribution in [0.4, 0.5) is 5.13 Å². The van der Waals surface area contributed by atoms with Crippen molar-refractivity contribution in [1.82, 2.24) is 14.8 Å². The van der Waals surface area contributed by atoms with Crippen LogP contribution in [0.1, 0.15) is 25.0 Å². The minimum Gasteiger partial charge on any atom is -0.378 e. The summed E-state index contributed by atoms with van der Waals surface area (Å²) in [4.78, 5) is 37.3. The Morgan fingerprint density at radius 2 is 1.70 bits per heavy atom. The molecule has 0 bridgehead atoms. The number of carbonyl (C=O) groups excluding carboxylic acids is 2. The standard InChI is InChI=1S/C18H22N4O3S2/c1-13-15(27-18(19-13)22-8-10-25-11-9-22)17(24)21-6-4-20(5-7-21)16(23)14-3-2-12-26-14/h2-3,12H,4-11H2,1H3. The molecule has 0 N–H and O–H groups in total. The maximum Gasteiger partial charge on any atom is 0.266 e. The van der Waals surface area contributed by atoms with Gasteiger partial charge < -0.3 is 19.4 Å². The molecule has 0 aliphatic carbocycles. The fraction of sp³-hybridized carbons (Fsp3) is 0.500. The molecule has 0 aromatic carbocycles. The summed E-state index contributed by atoms with van der Waals surface area (Å²) >= 11 is 2.92. The molecular weight excluding hydrogens is 384 g/mol. The van der Waals surface area contributed by atoms with Gasteiger partial charge in [0.05, 0.1) is 23.8 Å². The first-order valence-corrected chi connectivity index (χ1v) is 10.8. The Morgan fingerprint density at radius 1 is 1.04 bits per heavy atom. The molecule has 144 valence electrons. The van der Waals surface area contributed by atoms with Gasteiger partial charge in [0.15, 0.2) is 5.13 Å². The van der Waals surface area contributed by atoms with Gasteiger partial charge in [-0.05, 0) is 18.4 Å². The molecule has 27 heavy (non-hydrogen) atoms. The second kappa shape index (κ2) is 7.95. The van der Waals surface area contributed by atoms with E-state index in [2.05, 4.69) is 9.88 Å². The van der Waals surface area contributed by atoms with E-state index in [4.69, 9.17) is 4.74 Å². The molecule has 0 radical (unpaired) electrons. The van der Waals surface area contributed by atoms with Gasteiger partial charge in [0.25, 0.3) is 11.8 Å². The molecule has 2 aromatic rings. The minimum atomic E-state index is 0.0210. The van der Waals surface area contributed by atoms with E-state index in [9.17, 15) is 9.59 Å². The van der Waals surface area contributed by atoms with E-state index in [0.29, 0.717) is 44.3 Å². The van der Waals surface area contributed by atoms with Gasteiger partial charge >= 0.3 is 0 Å². The Bertz CT molecular complexity index is 807. The number of hydrogen-bond donors (Lipinski definition) is 0. The summed E-state index contributed by atoms with van der Waals surface area (Å²) in [5.41, 5.74) is 0.781. The predicted molar refractivity (Wildman–Crippen MR) is 106 cm³/mol. The number of nitrogens with zero attached hydrogens (tertiary/aromatic N) is 4. The first kappa shape index (κ1) is 18.4. The lowest BCUT2D eigenvalue weighted by Crippen LogP contribution is -2.50. The van der Waals surface area contributed by atoms with Crippen molar-refractivity contribution in [3.05, 3.63) is 33.0 Å². The van der Waals surface area contributed by atoms with Crippen LogP contribution in [-0.4, -0.2) is 79.1 Å². The van der Waals surface area contributed by atoms with E-state index in [0.717, 1.165) is 28.8 Å². The number of carbonyl (C=O) groups is 2. The Labute approximate surface area is 166 Å². The lowest BCUT2D eigenvalue weighted by Gasteiger charge is -2.34. The highest BCUT2D eigenvalue weighted by atomic mass is 32.1. The third kappa shape index (κ3) is 3.85. The summed E-state index contributed by atoms with van der Waals surface area (Å²) in [7, 11) is 0. The van der Waals surface area contributed by atoms with Crippen LogP contribution in [0, 0.1) is 6.92 Å². The summed E-state index contributed by atoms with van der Waals surface area (Å²) in [5.74, 6) is 0.0772. The van der Waals surface area contributed by atoms with Gasteiger partial charge in [-0.1, -0.05) is 17.4 Å². The van der Waals surface area contributed by atoms with Crippen molar-refractivity contribution in [3.8, 4) is 0 Å². The molecule has 0 saturated carbocycles. The van der Waals surface area contributed by atoms with Crippen LogP contribution in [0.15, 0.2) is 17.5 Å². The number of aryl methyl sites for hydroxylation is 1. The number of ether oxygens (including phenoxy) is 1. The summed E-state index contributed by atoms with van der Waals surface area (Å²) < 4.78 is 5.39. The third-order valence-corrected chi connectivity index (χ3v) is 6.91. The fourth-order valence-electron chi connectivity index (χ4n) is 3.28. The van der Waals surface area contributed by atoms with Crippen molar-refractivity contribution in [2.24, 2.45) is 0 Å². The van der Waals surface area contributed by atoms with Crippen molar-refractivity contribution >= 4 is 39.6 Å². The summed E-state index contributed by atoms with van der Waals surface area (Å²) in [6.07, 6.45) is 0. The van der Waals surface area contributed by atoms with E-state index < -0.39 is 0 Å². The van der Waals surface area contributed by atoms with Gasteiger partial charge in [-0.3, -0.25) is 9.59 Å². The van der Waals surface area contributed by atoms with E-state index in [1.54, 1.807) is 0 Å². The average Bonchev–Trinajstić information content (AvgIpc) is 3.38. The van der Waals surface area contributed by atoms with Gasteiger partial charge in [-0.2, -0.15) is 0 Å².